The van der Waals surface area contributed by atoms with Crippen LogP contribution in [0.2, 0.25) is 0 Å². The zero-order valence-corrected chi connectivity index (χ0v) is 8.59. The number of pyridine rings is 2. The molecule has 1 atom stereocenters. The molecule has 0 saturated heterocycles. The molecule has 0 amide bonds. The van der Waals surface area contributed by atoms with Gasteiger partial charge in [0.05, 0.1) is 0 Å². The van der Waals surface area contributed by atoms with Gasteiger partial charge in [0.2, 0.25) is 0 Å². The molecule has 0 aliphatic carbocycles. The number of aromatic nitrogens is 2. The fraction of sp³-hybridized carbons (Fsp3) is 0.167. The van der Waals surface area contributed by atoms with Gasteiger partial charge in [-0.1, -0.05) is 0 Å². The molecule has 0 spiro atoms. The predicted molar refractivity (Wildman–Crippen MR) is 60.1 cm³/mol. The number of nitrogens with two attached hydrogens (primary N) is 1. The summed E-state index contributed by atoms with van der Waals surface area (Å²) >= 11 is 0. The van der Waals surface area contributed by atoms with Gasteiger partial charge >= 0.3 is 0 Å². The maximum Gasteiger partial charge on any atom is 0.0346 e. The first-order valence-corrected chi connectivity index (χ1v) is 4.88. The average molecular weight is 199 g/mol. The minimum atomic E-state index is 0.0132. The van der Waals surface area contributed by atoms with E-state index in [1.165, 1.54) is 0 Å². The van der Waals surface area contributed by atoms with Crippen molar-refractivity contribution in [3.8, 4) is 11.1 Å². The van der Waals surface area contributed by atoms with Gasteiger partial charge in [-0.3, -0.25) is 9.97 Å². The van der Waals surface area contributed by atoms with Gasteiger partial charge in [0.25, 0.3) is 0 Å². The highest BCUT2D eigenvalue weighted by Crippen LogP contribution is 2.20. The highest BCUT2D eigenvalue weighted by Gasteiger charge is 2.02. The minimum Gasteiger partial charge on any atom is -0.324 e. The third-order valence-corrected chi connectivity index (χ3v) is 2.30. The summed E-state index contributed by atoms with van der Waals surface area (Å²) in [6, 6.07) is 6.00. The van der Waals surface area contributed by atoms with Gasteiger partial charge < -0.3 is 5.73 Å². The molecular weight excluding hydrogens is 186 g/mol. The Bertz CT molecular complexity index is 438. The fourth-order valence-corrected chi connectivity index (χ4v) is 1.41. The lowest BCUT2D eigenvalue weighted by atomic mass is 10.1. The number of nitrogens with zero attached hydrogens (tertiary/aromatic N) is 2. The molecule has 2 N–H and O–H groups in total. The Balaban J connectivity index is 2.42. The van der Waals surface area contributed by atoms with Crippen LogP contribution in [0.25, 0.3) is 11.1 Å². The van der Waals surface area contributed by atoms with Crippen molar-refractivity contribution in [1.82, 2.24) is 9.97 Å². The summed E-state index contributed by atoms with van der Waals surface area (Å²) in [5, 5.41) is 0. The second kappa shape index (κ2) is 4.19. The average Bonchev–Trinajstić information content (AvgIpc) is 2.30. The molecule has 0 aromatic carbocycles. The van der Waals surface area contributed by atoms with Gasteiger partial charge in [0.15, 0.2) is 0 Å². The van der Waals surface area contributed by atoms with Crippen LogP contribution in [0.3, 0.4) is 0 Å². The molecule has 76 valence electrons. The van der Waals surface area contributed by atoms with E-state index in [4.69, 9.17) is 5.73 Å². The van der Waals surface area contributed by atoms with Crippen molar-refractivity contribution in [1.29, 1.82) is 0 Å². The summed E-state index contributed by atoms with van der Waals surface area (Å²) < 4.78 is 0. The molecule has 0 radical (unpaired) electrons. The van der Waals surface area contributed by atoms with E-state index in [2.05, 4.69) is 16.0 Å². The molecule has 1 unspecified atom stereocenters. The van der Waals surface area contributed by atoms with E-state index >= 15 is 0 Å². The number of hydrogen-bond acceptors (Lipinski definition) is 3. The molecule has 3 nitrogen and oxygen atoms in total. The van der Waals surface area contributed by atoms with Crippen molar-refractivity contribution in [3.05, 3.63) is 48.5 Å². The summed E-state index contributed by atoms with van der Waals surface area (Å²) in [7, 11) is 0. The van der Waals surface area contributed by atoms with E-state index in [1.807, 2.05) is 25.3 Å². The van der Waals surface area contributed by atoms with Crippen LogP contribution < -0.4 is 5.73 Å². The van der Waals surface area contributed by atoms with Gasteiger partial charge in [0.1, 0.15) is 0 Å². The molecule has 0 fully saturated rings. The van der Waals surface area contributed by atoms with Crippen LogP contribution in [-0.4, -0.2) is 9.97 Å². The largest absolute Gasteiger partial charge is 0.324 e. The summed E-state index contributed by atoms with van der Waals surface area (Å²) in [4.78, 5) is 8.17. The first kappa shape index (κ1) is 9.80. The van der Waals surface area contributed by atoms with Crippen molar-refractivity contribution in [2.24, 2.45) is 5.73 Å². The highest BCUT2D eigenvalue weighted by atomic mass is 14.7. The van der Waals surface area contributed by atoms with E-state index in [1.54, 1.807) is 18.6 Å². The van der Waals surface area contributed by atoms with E-state index in [0.29, 0.717) is 0 Å². The quantitative estimate of drug-likeness (QED) is 0.806. The smallest absolute Gasteiger partial charge is 0.0346 e. The van der Waals surface area contributed by atoms with Crippen LogP contribution in [0, 0.1) is 0 Å². The van der Waals surface area contributed by atoms with E-state index in [-0.39, 0.29) is 6.04 Å². The summed E-state index contributed by atoms with van der Waals surface area (Å²) in [5.41, 5.74) is 9.04. The first-order valence-electron chi connectivity index (χ1n) is 4.88. The Morgan fingerprint density at radius 3 is 2.47 bits per heavy atom. The second-order valence-corrected chi connectivity index (χ2v) is 3.53. The molecule has 3 heteroatoms. The molecule has 2 aromatic heterocycles. The normalized spacial score (nSPS) is 12.4. The van der Waals surface area contributed by atoms with Crippen molar-refractivity contribution in [2.45, 2.75) is 13.0 Å². The zero-order chi connectivity index (χ0) is 10.7. The maximum absolute atomic E-state index is 5.81. The molecule has 2 heterocycles. The Morgan fingerprint density at radius 2 is 1.80 bits per heavy atom. The van der Waals surface area contributed by atoms with Crippen molar-refractivity contribution < 1.29 is 0 Å². The summed E-state index contributed by atoms with van der Waals surface area (Å²) in [6.45, 7) is 1.95. The standard InChI is InChI=1S/C12H13N3/c1-9(13)11-6-12(8-15-7-11)10-2-4-14-5-3-10/h2-9H,13H2,1H3. The summed E-state index contributed by atoms with van der Waals surface area (Å²) in [6.07, 6.45) is 7.18. The molecule has 0 aliphatic rings. The van der Waals surface area contributed by atoms with E-state index in [9.17, 15) is 0 Å². The Hall–Kier alpha value is -1.74. The van der Waals surface area contributed by atoms with Gasteiger partial charge in [-0.25, -0.2) is 0 Å². The Labute approximate surface area is 89.0 Å². The van der Waals surface area contributed by atoms with Gasteiger partial charge in [-0.2, -0.15) is 0 Å². The Kier molecular flexibility index (Phi) is 2.74. The predicted octanol–water partition coefficient (Wildman–Crippen LogP) is 2.16. The lowest BCUT2D eigenvalue weighted by Crippen LogP contribution is -2.05. The second-order valence-electron chi connectivity index (χ2n) is 3.53. The topological polar surface area (TPSA) is 51.8 Å². The van der Waals surface area contributed by atoms with E-state index in [0.717, 1.165) is 16.7 Å². The maximum atomic E-state index is 5.81. The molecule has 15 heavy (non-hydrogen) atoms. The molecule has 2 aromatic rings. The Morgan fingerprint density at radius 1 is 1.07 bits per heavy atom. The monoisotopic (exact) mass is 199 g/mol. The fourth-order valence-electron chi connectivity index (χ4n) is 1.41. The molecule has 0 aliphatic heterocycles. The van der Waals surface area contributed by atoms with Crippen LogP contribution in [-0.2, 0) is 0 Å². The van der Waals surface area contributed by atoms with Gasteiger partial charge in [0, 0.05) is 36.4 Å². The molecule has 0 saturated carbocycles. The highest BCUT2D eigenvalue weighted by molar-refractivity contribution is 5.62. The molecule has 0 bridgehead atoms. The third kappa shape index (κ3) is 2.19. The lowest BCUT2D eigenvalue weighted by molar-refractivity contribution is 0.812. The van der Waals surface area contributed by atoms with Crippen LogP contribution in [0.4, 0.5) is 0 Å². The van der Waals surface area contributed by atoms with Crippen LogP contribution in [0.15, 0.2) is 43.0 Å². The number of hydrogen-bond donors (Lipinski definition) is 1. The van der Waals surface area contributed by atoms with Crippen molar-refractivity contribution in [3.63, 3.8) is 0 Å². The molecular formula is C12H13N3. The zero-order valence-electron chi connectivity index (χ0n) is 8.59. The summed E-state index contributed by atoms with van der Waals surface area (Å²) in [5.74, 6) is 0. The van der Waals surface area contributed by atoms with Crippen molar-refractivity contribution >= 4 is 0 Å². The molecule has 2 rings (SSSR count). The van der Waals surface area contributed by atoms with Crippen LogP contribution in [0.1, 0.15) is 18.5 Å². The van der Waals surface area contributed by atoms with Gasteiger partial charge in [-0.05, 0) is 36.2 Å². The SMILES string of the molecule is CC(N)c1cncc(-c2ccncc2)c1. The van der Waals surface area contributed by atoms with Crippen LogP contribution >= 0.6 is 0 Å². The van der Waals surface area contributed by atoms with E-state index < -0.39 is 0 Å². The van der Waals surface area contributed by atoms with Crippen LogP contribution in [0.5, 0.6) is 0 Å². The third-order valence-electron chi connectivity index (χ3n) is 2.30. The first-order chi connectivity index (χ1) is 7.27. The van der Waals surface area contributed by atoms with Gasteiger partial charge in [-0.15, -0.1) is 0 Å². The van der Waals surface area contributed by atoms with Crippen molar-refractivity contribution in [2.75, 3.05) is 0 Å². The lowest BCUT2D eigenvalue weighted by Gasteiger charge is -2.07. The number of rotatable bonds is 2. The minimum absolute atomic E-state index is 0.0132.